The van der Waals surface area contributed by atoms with Crippen LogP contribution >= 0.6 is 7.37 Å². The molecule has 2 fully saturated rings. The number of fused-ring (bicyclic) bond motifs is 1. The van der Waals surface area contributed by atoms with E-state index in [1.54, 1.807) is 0 Å². The fraction of sp³-hybridized carbons (Fsp3) is 0.531. The number of ether oxygens (including phenoxy) is 2. The van der Waals surface area contributed by atoms with Crippen molar-refractivity contribution in [3.63, 3.8) is 0 Å². The maximum absolute atomic E-state index is 13.5. The molecule has 42 heavy (non-hydrogen) atoms. The number of hydrogen-bond acceptors (Lipinski definition) is 8. The van der Waals surface area contributed by atoms with E-state index in [4.69, 9.17) is 20.2 Å². The summed E-state index contributed by atoms with van der Waals surface area (Å²) >= 11 is 0. The average Bonchev–Trinajstić information content (AvgIpc) is 2.98. The van der Waals surface area contributed by atoms with Gasteiger partial charge < -0.3 is 20.1 Å². The molecule has 6 rings (SSSR count). The van der Waals surface area contributed by atoms with E-state index < -0.39 is 13.0 Å². The Morgan fingerprint density at radius 2 is 1.93 bits per heavy atom. The molecule has 10 heteroatoms. The number of anilines is 1. The third-order valence-electron chi connectivity index (χ3n) is 9.20. The fourth-order valence-corrected chi connectivity index (χ4v) is 8.77. The molecule has 1 saturated heterocycles. The summed E-state index contributed by atoms with van der Waals surface area (Å²) < 4.78 is 25.1. The van der Waals surface area contributed by atoms with Gasteiger partial charge >= 0.3 is 0 Å². The number of hydrogen-bond donors (Lipinski definition) is 2. The molecule has 2 aromatic rings. The Morgan fingerprint density at radius 3 is 2.67 bits per heavy atom. The van der Waals surface area contributed by atoms with Gasteiger partial charge in [0, 0.05) is 31.1 Å². The molecule has 0 spiro atoms. The van der Waals surface area contributed by atoms with E-state index in [9.17, 15) is 9.46 Å². The van der Waals surface area contributed by atoms with Gasteiger partial charge in [0.2, 0.25) is 13.2 Å². The third-order valence-corrected chi connectivity index (χ3v) is 11.3. The van der Waals surface area contributed by atoms with Gasteiger partial charge in [-0.25, -0.2) is 9.98 Å². The molecule has 4 aliphatic rings. The van der Waals surface area contributed by atoms with E-state index >= 15 is 0 Å². The van der Waals surface area contributed by atoms with Gasteiger partial charge in [-0.2, -0.15) is 4.98 Å². The predicted molar refractivity (Wildman–Crippen MR) is 166 cm³/mol. The summed E-state index contributed by atoms with van der Waals surface area (Å²) in [6, 6.07) is 7.76. The molecule has 0 bridgehead atoms. The zero-order chi connectivity index (χ0) is 29.3. The first-order valence-electron chi connectivity index (χ1n) is 15.2. The molecule has 9 nitrogen and oxygen atoms in total. The highest BCUT2D eigenvalue weighted by atomic mass is 31.2. The lowest BCUT2D eigenvalue weighted by Gasteiger charge is -2.36. The van der Waals surface area contributed by atoms with Crippen molar-refractivity contribution >= 4 is 29.9 Å². The lowest BCUT2D eigenvalue weighted by molar-refractivity contribution is 0.0342. The van der Waals surface area contributed by atoms with Crippen molar-refractivity contribution in [1.29, 1.82) is 0 Å². The van der Waals surface area contributed by atoms with Crippen molar-refractivity contribution in [2.24, 2.45) is 22.7 Å². The van der Waals surface area contributed by atoms with E-state index in [1.807, 2.05) is 32.0 Å². The highest BCUT2D eigenvalue weighted by Crippen LogP contribution is 2.47. The number of nitrogen functional groups attached to an aromatic ring is 1. The molecular weight excluding hydrogens is 549 g/mol. The van der Waals surface area contributed by atoms with Crippen LogP contribution in [-0.2, 0) is 15.8 Å². The summed E-state index contributed by atoms with van der Waals surface area (Å²) in [5.41, 5.74) is 8.90. The highest BCUT2D eigenvalue weighted by Gasteiger charge is 2.37. The highest BCUT2D eigenvalue weighted by molar-refractivity contribution is 7.66. The number of rotatable bonds is 7. The second-order valence-electron chi connectivity index (χ2n) is 12.6. The molecule has 224 valence electrons. The van der Waals surface area contributed by atoms with Crippen molar-refractivity contribution < 1.29 is 18.9 Å². The SMILES string of the molecule is CC1(C)Oc2ncnc(N)c2N=C1C1=CCC(C2CCC(CP(=O)(O)c3cccc(CN4CCOCC4)c3)CC2)C=C1. The van der Waals surface area contributed by atoms with Crippen molar-refractivity contribution in [2.75, 3.05) is 38.2 Å². The van der Waals surface area contributed by atoms with Crippen LogP contribution in [0.1, 0.15) is 51.5 Å². The topological polar surface area (TPSA) is 123 Å². The van der Waals surface area contributed by atoms with Gasteiger partial charge in [-0.3, -0.25) is 9.46 Å². The molecular formula is C32H42N5O4P. The quantitative estimate of drug-likeness (QED) is 0.430. The summed E-state index contributed by atoms with van der Waals surface area (Å²) in [7, 11) is -3.42. The number of nitrogens with two attached hydrogens (primary N) is 1. The second-order valence-corrected chi connectivity index (χ2v) is 14.9. The van der Waals surface area contributed by atoms with Gasteiger partial charge in [0.1, 0.15) is 11.9 Å². The van der Waals surface area contributed by atoms with Crippen molar-refractivity contribution in [2.45, 2.75) is 58.1 Å². The standard InChI is InChI=1S/C32H42N5O4P/c1-32(2)29(36-28-30(33)34-21-35-31(28)41-32)26-12-10-25(11-13-26)24-8-6-22(7-9-24)20-42(38,39)27-5-3-4-23(18-27)19-37-14-16-40-17-15-37/h3-5,10,12-13,18,21-22,24-25H,6-9,11,14-17,19-20H2,1-2H3,(H,38,39)(H2,33,34,35). The molecule has 1 saturated carbocycles. The molecule has 0 amide bonds. The molecule has 2 atom stereocenters. The summed E-state index contributed by atoms with van der Waals surface area (Å²) in [5, 5.41) is 0.594. The number of aliphatic imine (C=N–C) groups is 1. The molecule has 2 aliphatic heterocycles. The summed E-state index contributed by atoms with van der Waals surface area (Å²) in [5.74, 6) is 2.05. The Bertz CT molecular complexity index is 1440. The molecule has 2 unspecified atom stereocenters. The molecule has 3 N–H and O–H groups in total. The molecule has 1 aromatic carbocycles. The molecule has 2 aliphatic carbocycles. The van der Waals surface area contributed by atoms with E-state index in [0.717, 1.165) is 81.8 Å². The van der Waals surface area contributed by atoms with Crippen LogP contribution in [-0.4, -0.2) is 63.5 Å². The first kappa shape index (κ1) is 29.2. The predicted octanol–water partition coefficient (Wildman–Crippen LogP) is 5.04. The molecule has 0 radical (unpaired) electrons. The summed E-state index contributed by atoms with van der Waals surface area (Å²) in [6.07, 6.45) is 13.6. The number of nitrogens with zero attached hydrogens (tertiary/aromatic N) is 4. The van der Waals surface area contributed by atoms with Crippen molar-refractivity contribution in [3.05, 3.63) is 60.0 Å². The van der Waals surface area contributed by atoms with Crippen LogP contribution in [0.25, 0.3) is 0 Å². The molecule has 3 heterocycles. The second kappa shape index (κ2) is 12.0. The minimum absolute atomic E-state index is 0.279. The van der Waals surface area contributed by atoms with Crippen LogP contribution in [0.2, 0.25) is 0 Å². The number of allylic oxidation sites excluding steroid dienone is 3. The Morgan fingerprint density at radius 1 is 1.14 bits per heavy atom. The fourth-order valence-electron chi connectivity index (χ4n) is 6.81. The Hall–Kier alpha value is -2.84. The van der Waals surface area contributed by atoms with Gasteiger partial charge in [0.25, 0.3) is 0 Å². The Labute approximate surface area is 248 Å². The van der Waals surface area contributed by atoms with Gasteiger partial charge in [-0.05, 0) is 87.0 Å². The first-order chi connectivity index (χ1) is 20.2. The van der Waals surface area contributed by atoms with Crippen molar-refractivity contribution in [1.82, 2.24) is 14.9 Å². The van der Waals surface area contributed by atoms with Gasteiger partial charge in [0.15, 0.2) is 11.5 Å². The number of aromatic nitrogens is 2. The maximum atomic E-state index is 13.5. The van der Waals surface area contributed by atoms with E-state index in [1.165, 1.54) is 6.33 Å². The number of benzene rings is 1. The largest absolute Gasteiger partial charge is 0.463 e. The Balaban J connectivity index is 1.04. The van der Waals surface area contributed by atoms with Crippen molar-refractivity contribution in [3.8, 4) is 5.88 Å². The minimum atomic E-state index is -3.42. The normalized spacial score (nSPS) is 27.3. The first-order valence-corrected chi connectivity index (χ1v) is 17.0. The zero-order valence-electron chi connectivity index (χ0n) is 24.6. The van der Waals surface area contributed by atoms with Gasteiger partial charge in [0.05, 0.1) is 18.9 Å². The third kappa shape index (κ3) is 6.40. The number of morpholine rings is 1. The molecule has 1 aromatic heterocycles. The van der Waals surface area contributed by atoms with Crippen LogP contribution in [0.3, 0.4) is 0 Å². The van der Waals surface area contributed by atoms with Crippen LogP contribution in [0.4, 0.5) is 11.5 Å². The monoisotopic (exact) mass is 591 g/mol. The summed E-state index contributed by atoms with van der Waals surface area (Å²) in [4.78, 5) is 26.6. The van der Waals surface area contributed by atoms with E-state index in [-0.39, 0.29) is 5.92 Å². The van der Waals surface area contributed by atoms with E-state index in [2.05, 4.69) is 39.2 Å². The maximum Gasteiger partial charge on any atom is 0.246 e. The van der Waals surface area contributed by atoms with Crippen LogP contribution < -0.4 is 15.8 Å². The van der Waals surface area contributed by atoms with E-state index in [0.29, 0.717) is 40.7 Å². The average molecular weight is 592 g/mol. The minimum Gasteiger partial charge on any atom is -0.463 e. The zero-order valence-corrected chi connectivity index (χ0v) is 25.5. The van der Waals surface area contributed by atoms with Crippen LogP contribution in [0, 0.1) is 17.8 Å². The van der Waals surface area contributed by atoms with Gasteiger partial charge in [-0.15, -0.1) is 0 Å². The van der Waals surface area contributed by atoms with Gasteiger partial charge in [-0.1, -0.05) is 30.4 Å². The van der Waals surface area contributed by atoms with Crippen LogP contribution in [0.15, 0.2) is 59.4 Å². The lowest BCUT2D eigenvalue weighted by atomic mass is 9.73. The smallest absolute Gasteiger partial charge is 0.246 e. The van der Waals surface area contributed by atoms with Crippen LogP contribution in [0.5, 0.6) is 5.88 Å². The summed E-state index contributed by atoms with van der Waals surface area (Å²) in [6.45, 7) is 8.08. The Kier molecular flexibility index (Phi) is 8.38. The lowest BCUT2D eigenvalue weighted by Crippen LogP contribution is -2.41.